The molecule has 1 aliphatic carbocycles. The second-order valence-corrected chi connectivity index (χ2v) is 6.41. The van der Waals surface area contributed by atoms with Crippen LogP contribution in [0.3, 0.4) is 0 Å². The van der Waals surface area contributed by atoms with E-state index in [1.165, 1.54) is 64.7 Å². The summed E-state index contributed by atoms with van der Waals surface area (Å²) in [6, 6.07) is 0.613. The Morgan fingerprint density at radius 3 is 2.00 bits per heavy atom. The monoisotopic (exact) mass is 254 g/mol. The molecule has 0 bridgehead atoms. The molecule has 0 spiro atoms. The summed E-state index contributed by atoms with van der Waals surface area (Å²) in [6.07, 6.45) is 8.60. The molecule has 1 rings (SSSR count). The van der Waals surface area contributed by atoms with Crippen molar-refractivity contribution in [2.45, 2.75) is 72.3 Å². The van der Waals surface area contributed by atoms with E-state index in [0.717, 1.165) is 0 Å². The Kier molecular flexibility index (Phi) is 7.25. The Hall–Kier alpha value is -0.0800. The molecule has 0 unspecified atom stereocenters. The van der Waals surface area contributed by atoms with Gasteiger partial charge < -0.3 is 10.2 Å². The lowest BCUT2D eigenvalue weighted by molar-refractivity contribution is 0.132. The van der Waals surface area contributed by atoms with Crippen LogP contribution in [0.1, 0.15) is 66.2 Å². The molecule has 0 atom stereocenters. The van der Waals surface area contributed by atoms with Crippen molar-refractivity contribution in [1.29, 1.82) is 0 Å². The van der Waals surface area contributed by atoms with E-state index in [-0.39, 0.29) is 0 Å². The summed E-state index contributed by atoms with van der Waals surface area (Å²) >= 11 is 0. The number of hydrogen-bond donors (Lipinski definition) is 1. The lowest BCUT2D eigenvalue weighted by Crippen LogP contribution is -2.45. The minimum atomic E-state index is 0.535. The molecule has 0 aromatic rings. The van der Waals surface area contributed by atoms with Crippen molar-refractivity contribution in [1.82, 2.24) is 10.2 Å². The molecule has 0 amide bonds. The third-order valence-corrected chi connectivity index (χ3v) is 4.50. The zero-order chi connectivity index (χ0) is 13.4. The van der Waals surface area contributed by atoms with Crippen molar-refractivity contribution in [3.63, 3.8) is 0 Å². The Bertz CT molecular complexity index is 201. The van der Waals surface area contributed by atoms with E-state index in [1.54, 1.807) is 0 Å². The lowest BCUT2D eigenvalue weighted by Gasteiger charge is -2.38. The summed E-state index contributed by atoms with van der Waals surface area (Å²) in [5.41, 5.74) is 0.535. The zero-order valence-corrected chi connectivity index (χ0v) is 13.1. The van der Waals surface area contributed by atoms with E-state index in [0.29, 0.717) is 11.5 Å². The van der Waals surface area contributed by atoms with Crippen LogP contribution >= 0.6 is 0 Å². The fourth-order valence-corrected chi connectivity index (χ4v) is 3.21. The van der Waals surface area contributed by atoms with Gasteiger partial charge in [-0.05, 0) is 31.3 Å². The van der Waals surface area contributed by atoms with Gasteiger partial charge in [0.2, 0.25) is 0 Å². The van der Waals surface area contributed by atoms with Gasteiger partial charge in [0.15, 0.2) is 0 Å². The molecule has 108 valence electrons. The van der Waals surface area contributed by atoms with Crippen molar-refractivity contribution in [3.05, 3.63) is 0 Å². The molecule has 0 radical (unpaired) electrons. The standard InChI is InChI=1S/C16H34N2/c1-5-18(6-2)14-16(13-17-15(3)4)11-9-7-8-10-12-16/h15,17H,5-14H2,1-4H3. The highest BCUT2D eigenvalue weighted by Gasteiger charge is 2.32. The van der Waals surface area contributed by atoms with E-state index < -0.39 is 0 Å². The van der Waals surface area contributed by atoms with E-state index in [9.17, 15) is 0 Å². The summed E-state index contributed by atoms with van der Waals surface area (Å²) in [4.78, 5) is 2.62. The van der Waals surface area contributed by atoms with Crippen LogP contribution in [0.2, 0.25) is 0 Å². The molecule has 18 heavy (non-hydrogen) atoms. The Labute approximate surface area is 115 Å². The predicted octanol–water partition coefficient (Wildman–Crippen LogP) is 3.67. The normalized spacial score (nSPS) is 20.3. The highest BCUT2D eigenvalue weighted by Crippen LogP contribution is 2.35. The van der Waals surface area contributed by atoms with Crippen LogP contribution in [0, 0.1) is 5.41 Å². The SMILES string of the molecule is CCN(CC)CC1(CNC(C)C)CCCCCC1. The highest BCUT2D eigenvalue weighted by atomic mass is 15.1. The van der Waals surface area contributed by atoms with E-state index in [2.05, 4.69) is 37.9 Å². The number of nitrogens with one attached hydrogen (secondary N) is 1. The fourth-order valence-electron chi connectivity index (χ4n) is 3.21. The van der Waals surface area contributed by atoms with Gasteiger partial charge in [-0.2, -0.15) is 0 Å². The van der Waals surface area contributed by atoms with Crippen LogP contribution in [-0.4, -0.2) is 37.1 Å². The maximum Gasteiger partial charge on any atom is 0.00499 e. The first-order chi connectivity index (χ1) is 8.62. The third-order valence-electron chi connectivity index (χ3n) is 4.50. The van der Waals surface area contributed by atoms with Gasteiger partial charge in [0.05, 0.1) is 0 Å². The molecular formula is C16H34N2. The Balaban J connectivity index is 2.64. The van der Waals surface area contributed by atoms with Crippen LogP contribution in [0.4, 0.5) is 0 Å². The van der Waals surface area contributed by atoms with Gasteiger partial charge in [0.1, 0.15) is 0 Å². The smallest absolute Gasteiger partial charge is 0.00499 e. The first-order valence-corrected chi connectivity index (χ1v) is 8.07. The Morgan fingerprint density at radius 2 is 1.56 bits per heavy atom. The van der Waals surface area contributed by atoms with Crippen molar-refractivity contribution >= 4 is 0 Å². The average Bonchev–Trinajstić information content (AvgIpc) is 2.60. The highest BCUT2D eigenvalue weighted by molar-refractivity contribution is 4.87. The van der Waals surface area contributed by atoms with Crippen molar-refractivity contribution < 1.29 is 0 Å². The average molecular weight is 254 g/mol. The van der Waals surface area contributed by atoms with Gasteiger partial charge in [-0.3, -0.25) is 0 Å². The number of rotatable bonds is 7. The molecule has 0 aliphatic heterocycles. The zero-order valence-electron chi connectivity index (χ0n) is 13.1. The van der Waals surface area contributed by atoms with Crippen molar-refractivity contribution in [2.75, 3.05) is 26.2 Å². The molecule has 0 aromatic heterocycles. The van der Waals surface area contributed by atoms with E-state index in [1.807, 2.05) is 0 Å². The van der Waals surface area contributed by atoms with Gasteiger partial charge in [-0.25, -0.2) is 0 Å². The number of nitrogens with zero attached hydrogens (tertiary/aromatic N) is 1. The third kappa shape index (κ3) is 5.27. The summed E-state index contributed by atoms with van der Waals surface area (Å²) in [7, 11) is 0. The van der Waals surface area contributed by atoms with Crippen molar-refractivity contribution in [3.8, 4) is 0 Å². The molecule has 0 aromatic carbocycles. The van der Waals surface area contributed by atoms with Crippen LogP contribution in [0.25, 0.3) is 0 Å². The maximum absolute atomic E-state index is 3.71. The lowest BCUT2D eigenvalue weighted by atomic mass is 9.79. The van der Waals surface area contributed by atoms with Crippen LogP contribution in [-0.2, 0) is 0 Å². The molecule has 1 N–H and O–H groups in total. The van der Waals surface area contributed by atoms with Gasteiger partial charge in [-0.1, -0.05) is 53.4 Å². The minimum absolute atomic E-state index is 0.535. The quantitative estimate of drug-likeness (QED) is 0.697. The Morgan fingerprint density at radius 1 is 1.00 bits per heavy atom. The van der Waals surface area contributed by atoms with Gasteiger partial charge in [0, 0.05) is 19.1 Å². The van der Waals surface area contributed by atoms with Gasteiger partial charge in [-0.15, -0.1) is 0 Å². The molecular weight excluding hydrogens is 220 g/mol. The molecule has 0 heterocycles. The second-order valence-electron chi connectivity index (χ2n) is 6.41. The fraction of sp³-hybridized carbons (Fsp3) is 1.00. The summed E-state index contributed by atoms with van der Waals surface area (Å²) < 4.78 is 0. The predicted molar refractivity (Wildman–Crippen MR) is 81.1 cm³/mol. The molecule has 1 aliphatic rings. The molecule has 1 fully saturated rings. The summed E-state index contributed by atoms with van der Waals surface area (Å²) in [5.74, 6) is 0. The number of hydrogen-bond acceptors (Lipinski definition) is 2. The minimum Gasteiger partial charge on any atom is -0.314 e. The molecule has 2 heteroatoms. The van der Waals surface area contributed by atoms with Crippen LogP contribution in [0.15, 0.2) is 0 Å². The van der Waals surface area contributed by atoms with Crippen LogP contribution in [0.5, 0.6) is 0 Å². The second kappa shape index (κ2) is 8.16. The van der Waals surface area contributed by atoms with Crippen LogP contribution < -0.4 is 5.32 Å². The maximum atomic E-state index is 3.71. The summed E-state index contributed by atoms with van der Waals surface area (Å²) in [6.45, 7) is 14.0. The first-order valence-electron chi connectivity index (χ1n) is 8.07. The van der Waals surface area contributed by atoms with Gasteiger partial charge in [0.25, 0.3) is 0 Å². The topological polar surface area (TPSA) is 15.3 Å². The van der Waals surface area contributed by atoms with E-state index in [4.69, 9.17) is 0 Å². The van der Waals surface area contributed by atoms with Crippen molar-refractivity contribution in [2.24, 2.45) is 5.41 Å². The summed E-state index contributed by atoms with van der Waals surface area (Å²) in [5, 5.41) is 3.71. The van der Waals surface area contributed by atoms with Gasteiger partial charge >= 0.3 is 0 Å². The molecule has 2 nitrogen and oxygen atoms in total. The largest absolute Gasteiger partial charge is 0.314 e. The molecule has 1 saturated carbocycles. The van der Waals surface area contributed by atoms with E-state index >= 15 is 0 Å². The molecule has 0 saturated heterocycles. The first kappa shape index (κ1) is 16.0.